The molecule has 0 amide bonds. The Morgan fingerprint density at radius 3 is 1.81 bits per heavy atom. The van der Waals surface area contributed by atoms with Crippen LogP contribution in [0, 0.1) is 0 Å². The van der Waals surface area contributed by atoms with Crippen LogP contribution in [0.5, 0.6) is 17.2 Å². The molecule has 0 unspecified atom stereocenters. The molecule has 0 N–H and O–H groups in total. The third kappa shape index (κ3) is 4.66. The van der Waals surface area contributed by atoms with Crippen molar-refractivity contribution >= 4 is 11.9 Å². The number of hydrogen-bond donors (Lipinski definition) is 0. The lowest BCUT2D eigenvalue weighted by atomic mass is 10.1. The first-order valence-corrected chi connectivity index (χ1v) is 6.35. The summed E-state index contributed by atoms with van der Waals surface area (Å²) in [6.07, 6.45) is 0. The molecular weight excluding hydrogens is 276 g/mol. The summed E-state index contributed by atoms with van der Waals surface area (Å²) in [6.45, 7) is 6.58. The van der Waals surface area contributed by atoms with Gasteiger partial charge in [-0.15, -0.1) is 0 Å². The number of methoxy groups -OCH3 is 2. The summed E-state index contributed by atoms with van der Waals surface area (Å²) >= 11 is 0. The van der Waals surface area contributed by atoms with Crippen LogP contribution in [0.15, 0.2) is 12.1 Å². The van der Waals surface area contributed by atoms with Gasteiger partial charge in [-0.1, -0.05) is 0 Å². The summed E-state index contributed by atoms with van der Waals surface area (Å²) in [6, 6.07) is 2.88. The van der Waals surface area contributed by atoms with Gasteiger partial charge in [-0.2, -0.15) is 0 Å². The van der Waals surface area contributed by atoms with Gasteiger partial charge >= 0.3 is 11.9 Å². The SMILES string of the molecule is COc1cc(C(=O)OC(C)(C)C)cc(OC)c1OC(C)=O. The van der Waals surface area contributed by atoms with E-state index in [4.69, 9.17) is 18.9 Å². The number of ether oxygens (including phenoxy) is 4. The first kappa shape index (κ1) is 16.8. The number of benzene rings is 1. The standard InChI is InChI=1S/C15H20O6/c1-9(16)20-13-11(18-5)7-10(8-12(13)19-6)14(17)21-15(2,3)4/h7-8H,1-6H3. The number of rotatable bonds is 4. The normalized spacial score (nSPS) is 10.8. The minimum absolute atomic E-state index is 0.125. The van der Waals surface area contributed by atoms with E-state index in [1.54, 1.807) is 20.8 Å². The third-order valence-corrected chi connectivity index (χ3v) is 2.34. The van der Waals surface area contributed by atoms with E-state index in [0.717, 1.165) is 0 Å². The predicted octanol–water partition coefficient (Wildman–Crippen LogP) is 2.58. The molecule has 0 aliphatic carbocycles. The zero-order valence-corrected chi connectivity index (χ0v) is 13.1. The van der Waals surface area contributed by atoms with Crippen molar-refractivity contribution < 1.29 is 28.5 Å². The maximum atomic E-state index is 12.1. The monoisotopic (exact) mass is 296 g/mol. The Hall–Kier alpha value is -2.24. The lowest BCUT2D eigenvalue weighted by molar-refractivity contribution is -0.132. The summed E-state index contributed by atoms with van der Waals surface area (Å²) in [7, 11) is 2.81. The molecule has 0 spiro atoms. The lowest BCUT2D eigenvalue weighted by Gasteiger charge is -2.20. The maximum Gasteiger partial charge on any atom is 0.338 e. The number of carbonyl (C=O) groups is 2. The molecule has 0 bridgehead atoms. The first-order chi connectivity index (χ1) is 9.67. The van der Waals surface area contributed by atoms with Crippen LogP contribution < -0.4 is 14.2 Å². The van der Waals surface area contributed by atoms with E-state index < -0.39 is 17.5 Å². The number of carbonyl (C=O) groups excluding carboxylic acids is 2. The molecule has 0 aliphatic rings. The maximum absolute atomic E-state index is 12.1. The van der Waals surface area contributed by atoms with Crippen LogP contribution in [0.25, 0.3) is 0 Å². The highest BCUT2D eigenvalue weighted by atomic mass is 16.6. The summed E-state index contributed by atoms with van der Waals surface area (Å²) in [5, 5.41) is 0. The molecule has 0 saturated heterocycles. The van der Waals surface area contributed by atoms with Gasteiger partial charge in [0.25, 0.3) is 0 Å². The van der Waals surface area contributed by atoms with Gasteiger partial charge in [0, 0.05) is 6.92 Å². The molecule has 0 radical (unpaired) electrons. The Morgan fingerprint density at radius 1 is 1.00 bits per heavy atom. The fraction of sp³-hybridized carbons (Fsp3) is 0.467. The second-order valence-electron chi connectivity index (χ2n) is 5.31. The van der Waals surface area contributed by atoms with Crippen molar-refractivity contribution in [3.05, 3.63) is 17.7 Å². The molecular formula is C15H20O6. The Kier molecular flexibility index (Phi) is 5.18. The third-order valence-electron chi connectivity index (χ3n) is 2.34. The van der Waals surface area contributed by atoms with E-state index in [9.17, 15) is 9.59 Å². The molecule has 21 heavy (non-hydrogen) atoms. The van der Waals surface area contributed by atoms with Gasteiger partial charge < -0.3 is 18.9 Å². The van der Waals surface area contributed by atoms with Crippen LogP contribution in [-0.4, -0.2) is 31.8 Å². The quantitative estimate of drug-likeness (QED) is 0.628. The zero-order chi connectivity index (χ0) is 16.2. The molecule has 0 atom stereocenters. The van der Waals surface area contributed by atoms with E-state index in [-0.39, 0.29) is 22.8 Å². The second-order valence-corrected chi connectivity index (χ2v) is 5.31. The molecule has 0 saturated carbocycles. The first-order valence-electron chi connectivity index (χ1n) is 6.35. The summed E-state index contributed by atoms with van der Waals surface area (Å²) in [5.41, 5.74) is -0.374. The van der Waals surface area contributed by atoms with Crippen LogP contribution >= 0.6 is 0 Å². The highest BCUT2D eigenvalue weighted by Gasteiger charge is 2.23. The second kappa shape index (κ2) is 6.47. The van der Waals surface area contributed by atoms with E-state index in [1.165, 1.54) is 33.3 Å². The van der Waals surface area contributed by atoms with Crippen molar-refractivity contribution in [3.8, 4) is 17.2 Å². The van der Waals surface area contributed by atoms with E-state index in [0.29, 0.717) is 0 Å². The highest BCUT2D eigenvalue weighted by molar-refractivity contribution is 5.91. The average Bonchev–Trinajstić information content (AvgIpc) is 2.36. The van der Waals surface area contributed by atoms with Crippen LogP contribution in [0.4, 0.5) is 0 Å². The van der Waals surface area contributed by atoms with Gasteiger partial charge in [0.15, 0.2) is 11.5 Å². The number of hydrogen-bond acceptors (Lipinski definition) is 6. The van der Waals surface area contributed by atoms with Crippen molar-refractivity contribution in [2.45, 2.75) is 33.3 Å². The van der Waals surface area contributed by atoms with Gasteiger partial charge in [-0.3, -0.25) is 4.79 Å². The fourth-order valence-electron chi connectivity index (χ4n) is 1.58. The van der Waals surface area contributed by atoms with E-state index in [2.05, 4.69) is 0 Å². The van der Waals surface area contributed by atoms with E-state index in [1.807, 2.05) is 0 Å². The van der Waals surface area contributed by atoms with Gasteiger partial charge in [0.2, 0.25) is 5.75 Å². The minimum atomic E-state index is -0.619. The molecule has 6 heteroatoms. The Labute approximate surface area is 123 Å². The summed E-state index contributed by atoms with van der Waals surface area (Å²) in [5.74, 6) is -0.485. The fourth-order valence-corrected chi connectivity index (χ4v) is 1.58. The molecule has 0 heterocycles. The Balaban J connectivity index is 3.25. The van der Waals surface area contributed by atoms with Crippen molar-refractivity contribution in [3.63, 3.8) is 0 Å². The average molecular weight is 296 g/mol. The van der Waals surface area contributed by atoms with E-state index >= 15 is 0 Å². The molecule has 1 aromatic rings. The van der Waals surface area contributed by atoms with Crippen molar-refractivity contribution in [2.24, 2.45) is 0 Å². The molecule has 1 aromatic carbocycles. The van der Waals surface area contributed by atoms with Gasteiger partial charge in [-0.05, 0) is 32.9 Å². The van der Waals surface area contributed by atoms with Crippen molar-refractivity contribution in [1.82, 2.24) is 0 Å². The Morgan fingerprint density at radius 2 is 1.48 bits per heavy atom. The smallest absolute Gasteiger partial charge is 0.338 e. The summed E-state index contributed by atoms with van der Waals surface area (Å²) in [4.78, 5) is 23.2. The molecule has 0 aromatic heterocycles. The molecule has 116 valence electrons. The zero-order valence-electron chi connectivity index (χ0n) is 13.1. The summed E-state index contributed by atoms with van der Waals surface area (Å²) < 4.78 is 20.6. The van der Waals surface area contributed by atoms with Gasteiger partial charge in [0.05, 0.1) is 19.8 Å². The van der Waals surface area contributed by atoms with Gasteiger partial charge in [-0.25, -0.2) is 4.79 Å². The largest absolute Gasteiger partial charge is 0.493 e. The molecule has 0 fully saturated rings. The van der Waals surface area contributed by atoms with Crippen LogP contribution in [0.3, 0.4) is 0 Å². The molecule has 6 nitrogen and oxygen atoms in total. The highest BCUT2D eigenvalue weighted by Crippen LogP contribution is 2.39. The molecule has 0 aliphatic heterocycles. The number of esters is 2. The minimum Gasteiger partial charge on any atom is -0.493 e. The Bertz CT molecular complexity index is 517. The van der Waals surface area contributed by atoms with Crippen molar-refractivity contribution in [2.75, 3.05) is 14.2 Å². The predicted molar refractivity (Wildman–Crippen MR) is 76.0 cm³/mol. The van der Waals surface area contributed by atoms with Gasteiger partial charge in [0.1, 0.15) is 5.60 Å². The van der Waals surface area contributed by atoms with Crippen LogP contribution in [-0.2, 0) is 9.53 Å². The van der Waals surface area contributed by atoms with Crippen LogP contribution in [0.1, 0.15) is 38.1 Å². The van der Waals surface area contributed by atoms with Crippen LogP contribution in [0.2, 0.25) is 0 Å². The lowest BCUT2D eigenvalue weighted by Crippen LogP contribution is -2.24. The van der Waals surface area contributed by atoms with Crippen molar-refractivity contribution in [1.29, 1.82) is 0 Å². The topological polar surface area (TPSA) is 71.1 Å². The molecule has 1 rings (SSSR count).